The summed E-state index contributed by atoms with van der Waals surface area (Å²) >= 11 is 0. The quantitative estimate of drug-likeness (QED) is 0.259. The van der Waals surface area contributed by atoms with Crippen molar-refractivity contribution in [1.29, 1.82) is 5.26 Å². The molecule has 0 atom stereocenters. The summed E-state index contributed by atoms with van der Waals surface area (Å²) in [7, 11) is 0. The minimum Gasteiger partial charge on any atom is -0.378 e. The third-order valence-electron chi connectivity index (χ3n) is 6.12. The molecule has 0 spiro atoms. The Morgan fingerprint density at radius 2 is 2.09 bits per heavy atom. The van der Waals surface area contributed by atoms with Gasteiger partial charge in [-0.05, 0) is 30.2 Å². The number of rotatable bonds is 5. The first-order valence-electron chi connectivity index (χ1n) is 11.2. The fourth-order valence-corrected chi connectivity index (χ4v) is 4.40. The summed E-state index contributed by atoms with van der Waals surface area (Å²) in [6.07, 6.45) is 4.13. The number of nitrogens with zero attached hydrogens (tertiary/aromatic N) is 7. The van der Waals surface area contributed by atoms with Gasteiger partial charge in [0.25, 0.3) is 5.56 Å². The van der Waals surface area contributed by atoms with E-state index < -0.39 is 0 Å². The summed E-state index contributed by atoms with van der Waals surface area (Å²) in [4.78, 5) is 20.6. The van der Waals surface area contributed by atoms with Crippen LogP contribution in [0.25, 0.3) is 27.8 Å². The van der Waals surface area contributed by atoms with E-state index in [9.17, 15) is 10.1 Å². The van der Waals surface area contributed by atoms with Crippen LogP contribution in [0.2, 0.25) is 0 Å². The highest BCUT2D eigenvalue weighted by Gasteiger charge is 2.21. The number of benzene rings is 1. The highest BCUT2D eigenvalue weighted by molar-refractivity contribution is 5.97. The van der Waals surface area contributed by atoms with E-state index in [1.807, 2.05) is 31.2 Å². The molecule has 0 saturated carbocycles. The summed E-state index contributed by atoms with van der Waals surface area (Å²) < 4.78 is 6.90. The Labute approximate surface area is 200 Å². The van der Waals surface area contributed by atoms with Crippen molar-refractivity contribution < 1.29 is 4.74 Å². The van der Waals surface area contributed by atoms with Crippen molar-refractivity contribution in [2.45, 2.75) is 13.3 Å². The molecular weight excluding hydrogens is 446 g/mol. The number of hydrogen-bond acceptors (Lipinski definition) is 8. The van der Waals surface area contributed by atoms with Crippen molar-refractivity contribution in [3.05, 3.63) is 64.2 Å². The number of para-hydroxylation sites is 1. The second-order valence-electron chi connectivity index (χ2n) is 8.01. The number of fused-ring (bicyclic) bond motifs is 1. The zero-order valence-corrected chi connectivity index (χ0v) is 19.1. The zero-order valence-electron chi connectivity index (χ0n) is 19.1. The van der Waals surface area contributed by atoms with E-state index >= 15 is 0 Å². The second kappa shape index (κ2) is 9.36. The minimum atomic E-state index is -0.387. The van der Waals surface area contributed by atoms with E-state index in [-0.39, 0.29) is 16.8 Å². The molecule has 1 saturated heterocycles. The van der Waals surface area contributed by atoms with Crippen LogP contribution < -0.4 is 16.3 Å². The molecule has 11 heteroatoms. The van der Waals surface area contributed by atoms with E-state index in [2.05, 4.69) is 36.5 Å². The zero-order chi connectivity index (χ0) is 24.4. The first-order valence-corrected chi connectivity index (χ1v) is 11.2. The van der Waals surface area contributed by atoms with Crippen molar-refractivity contribution in [1.82, 2.24) is 19.7 Å². The number of aromatic amines is 1. The number of H-pyrrole nitrogens is 1. The van der Waals surface area contributed by atoms with Crippen LogP contribution in [0.3, 0.4) is 0 Å². The first kappa shape index (κ1) is 22.2. The Balaban J connectivity index is 1.75. The third kappa shape index (κ3) is 3.89. The Kier molecular flexibility index (Phi) is 5.95. The van der Waals surface area contributed by atoms with Crippen molar-refractivity contribution >= 4 is 22.4 Å². The maximum absolute atomic E-state index is 13.7. The maximum Gasteiger partial charge on any atom is 0.268 e. The number of morpholine rings is 1. The van der Waals surface area contributed by atoms with E-state index in [1.165, 1.54) is 4.57 Å². The van der Waals surface area contributed by atoms with Gasteiger partial charge in [0.05, 0.1) is 47.6 Å². The fourth-order valence-electron chi connectivity index (χ4n) is 4.40. The van der Waals surface area contributed by atoms with Crippen molar-refractivity contribution in [3.63, 3.8) is 0 Å². The summed E-state index contributed by atoms with van der Waals surface area (Å²) in [6, 6.07) is 11.5. The molecule has 0 bridgehead atoms. The number of nitriles is 1. The molecule has 1 aliphatic rings. The van der Waals surface area contributed by atoms with Gasteiger partial charge in [-0.1, -0.05) is 24.3 Å². The van der Waals surface area contributed by atoms with Crippen LogP contribution in [-0.2, 0) is 11.2 Å². The molecule has 1 aliphatic heterocycles. The Morgan fingerprint density at radius 1 is 1.26 bits per heavy atom. The largest absolute Gasteiger partial charge is 0.378 e. The number of ether oxygens (including phenoxy) is 1. The normalized spacial score (nSPS) is 14.0. The lowest BCUT2D eigenvalue weighted by atomic mass is 10.0. The highest BCUT2D eigenvalue weighted by atomic mass is 16.5. The molecule has 3 N–H and O–H groups in total. The monoisotopic (exact) mass is 469 g/mol. The summed E-state index contributed by atoms with van der Waals surface area (Å²) in [5, 5.41) is 24.2. The SMILES string of the molecule is CCc1cccc(C#N)c1-n1cc(-c2ccc(N3CCOCC3)cn2)c2[nH]nc(N=NN)c2c1=O. The highest BCUT2D eigenvalue weighted by Crippen LogP contribution is 2.31. The van der Waals surface area contributed by atoms with Crippen molar-refractivity contribution in [2.24, 2.45) is 16.2 Å². The molecule has 0 unspecified atom stereocenters. The summed E-state index contributed by atoms with van der Waals surface area (Å²) in [5.41, 5.74) is 4.10. The van der Waals surface area contributed by atoms with Gasteiger partial charge in [-0.15, -0.1) is 5.11 Å². The molecule has 5 rings (SSSR count). The predicted octanol–water partition coefficient (Wildman–Crippen LogP) is 3.00. The molecule has 1 aromatic carbocycles. The van der Waals surface area contributed by atoms with Gasteiger partial charge < -0.3 is 15.5 Å². The van der Waals surface area contributed by atoms with Crippen LogP contribution in [0.4, 0.5) is 11.5 Å². The predicted molar refractivity (Wildman–Crippen MR) is 131 cm³/mol. The van der Waals surface area contributed by atoms with E-state index in [1.54, 1.807) is 18.5 Å². The van der Waals surface area contributed by atoms with Crippen LogP contribution >= 0.6 is 0 Å². The summed E-state index contributed by atoms with van der Waals surface area (Å²) in [6.45, 7) is 4.93. The van der Waals surface area contributed by atoms with Gasteiger partial charge in [0.15, 0.2) is 0 Å². The first-order chi connectivity index (χ1) is 17.2. The molecule has 35 heavy (non-hydrogen) atoms. The Morgan fingerprint density at radius 3 is 2.77 bits per heavy atom. The minimum absolute atomic E-state index is 0.0699. The third-order valence-corrected chi connectivity index (χ3v) is 6.12. The average Bonchev–Trinajstić information content (AvgIpc) is 3.33. The molecule has 176 valence electrons. The number of nitrogens with two attached hydrogens (primary N) is 1. The summed E-state index contributed by atoms with van der Waals surface area (Å²) in [5.74, 6) is 5.33. The molecule has 0 amide bonds. The van der Waals surface area contributed by atoms with Gasteiger partial charge in [-0.2, -0.15) is 10.4 Å². The van der Waals surface area contributed by atoms with Crippen LogP contribution in [-0.4, -0.2) is 46.1 Å². The molecule has 4 aromatic rings. The lowest BCUT2D eigenvalue weighted by Crippen LogP contribution is -2.36. The molecule has 0 radical (unpaired) electrons. The van der Waals surface area contributed by atoms with E-state index in [0.29, 0.717) is 47.7 Å². The number of hydrogen-bond donors (Lipinski definition) is 2. The molecule has 1 fully saturated rings. The number of aromatic nitrogens is 4. The van der Waals surface area contributed by atoms with Gasteiger partial charge >= 0.3 is 0 Å². The average molecular weight is 470 g/mol. The number of nitrogens with one attached hydrogen (secondary N) is 1. The molecular formula is C24H23N9O2. The van der Waals surface area contributed by atoms with Crippen molar-refractivity contribution in [3.8, 4) is 23.0 Å². The second-order valence-corrected chi connectivity index (χ2v) is 8.01. The van der Waals surface area contributed by atoms with Gasteiger partial charge in [0.1, 0.15) is 11.5 Å². The lowest BCUT2D eigenvalue weighted by molar-refractivity contribution is 0.122. The Bertz CT molecular complexity index is 1510. The van der Waals surface area contributed by atoms with Gasteiger partial charge in [-0.25, -0.2) is 0 Å². The fraction of sp³-hybridized carbons (Fsp3) is 0.250. The van der Waals surface area contributed by atoms with E-state index in [4.69, 9.17) is 10.6 Å². The van der Waals surface area contributed by atoms with Crippen molar-refractivity contribution in [2.75, 3.05) is 31.2 Å². The van der Waals surface area contributed by atoms with Crippen LogP contribution in [0, 0.1) is 11.3 Å². The van der Waals surface area contributed by atoms with Crippen LogP contribution in [0.15, 0.2) is 57.9 Å². The molecule has 0 aliphatic carbocycles. The van der Waals surface area contributed by atoms with Gasteiger partial charge in [0.2, 0.25) is 5.82 Å². The van der Waals surface area contributed by atoms with Gasteiger partial charge in [0, 0.05) is 24.8 Å². The number of anilines is 1. The number of aryl methyl sites for hydroxylation is 1. The number of pyridine rings is 2. The molecule has 4 heterocycles. The molecule has 11 nitrogen and oxygen atoms in total. The topological polar surface area (TPSA) is 151 Å². The van der Waals surface area contributed by atoms with Crippen LogP contribution in [0.1, 0.15) is 18.1 Å². The standard InChI is InChI=1S/C24H23N9O2/c1-2-15-4-3-5-16(12-25)22(15)33-14-18(21-20(24(33)34)23(29-28-21)30-31-26)19-7-6-17(13-27-19)32-8-10-35-11-9-32/h3-7,13-14H,2,8-11H2,1H3,(H3,26,28,29,30). The lowest BCUT2D eigenvalue weighted by Gasteiger charge is -2.28. The Hall–Kier alpha value is -4.56. The van der Waals surface area contributed by atoms with Gasteiger partial charge in [-0.3, -0.25) is 19.4 Å². The van der Waals surface area contributed by atoms with Crippen LogP contribution in [0.5, 0.6) is 0 Å². The molecule has 3 aromatic heterocycles. The van der Waals surface area contributed by atoms with E-state index in [0.717, 1.165) is 24.3 Å². The smallest absolute Gasteiger partial charge is 0.268 e. The maximum atomic E-state index is 13.7.